The van der Waals surface area contributed by atoms with Gasteiger partial charge in [-0.05, 0) is 6.92 Å². The minimum atomic E-state index is -0.360. The highest BCUT2D eigenvalue weighted by Crippen LogP contribution is 2.23. The van der Waals surface area contributed by atoms with Gasteiger partial charge in [0, 0.05) is 16.9 Å². The first kappa shape index (κ1) is 9.06. The van der Waals surface area contributed by atoms with Crippen molar-refractivity contribution in [1.82, 2.24) is 0 Å². The molecule has 0 radical (unpaired) electrons. The van der Waals surface area contributed by atoms with Crippen LogP contribution in [0, 0.1) is 17.0 Å². The van der Waals surface area contributed by atoms with Gasteiger partial charge in [0.05, 0.1) is 4.92 Å². The molecule has 4 heteroatoms. The van der Waals surface area contributed by atoms with Crippen LogP contribution < -0.4 is 0 Å². The molecule has 0 saturated carbocycles. The summed E-state index contributed by atoms with van der Waals surface area (Å²) in [4.78, 5) is 10.2. The average Bonchev–Trinajstić information content (AvgIpc) is 2.03. The Labute approximate surface area is 76.0 Å². The lowest BCUT2D eigenvalue weighted by Gasteiger charge is -2.00. The van der Waals surface area contributed by atoms with Crippen molar-refractivity contribution in [2.24, 2.45) is 0 Å². The molecule has 0 aliphatic heterocycles. The molecular weight excluding hydrogens is 174 g/mol. The molecule has 0 aromatic heterocycles. The summed E-state index contributed by atoms with van der Waals surface area (Å²) in [6.07, 6.45) is 0. The Kier molecular flexibility index (Phi) is 2.70. The molecule has 1 rings (SSSR count). The minimum absolute atomic E-state index is 0.188. The van der Waals surface area contributed by atoms with Crippen molar-refractivity contribution in [1.29, 1.82) is 0 Å². The van der Waals surface area contributed by atoms with Crippen molar-refractivity contribution in [2.45, 2.75) is 12.7 Å². The van der Waals surface area contributed by atoms with Crippen LogP contribution >= 0.6 is 12.6 Å². The Morgan fingerprint density at radius 1 is 1.58 bits per heavy atom. The molecule has 0 unspecified atom stereocenters. The van der Waals surface area contributed by atoms with Gasteiger partial charge in [-0.25, -0.2) is 0 Å². The maximum atomic E-state index is 10.6. The first-order valence-electron chi connectivity index (χ1n) is 3.50. The zero-order valence-corrected chi connectivity index (χ0v) is 7.54. The van der Waals surface area contributed by atoms with Gasteiger partial charge in [-0.15, -0.1) is 0 Å². The molecule has 12 heavy (non-hydrogen) atoms. The van der Waals surface area contributed by atoms with Gasteiger partial charge in [-0.3, -0.25) is 10.1 Å². The van der Waals surface area contributed by atoms with Crippen molar-refractivity contribution in [3.63, 3.8) is 0 Å². The van der Waals surface area contributed by atoms with Crippen molar-refractivity contribution < 1.29 is 4.92 Å². The number of nitro benzene ring substituents is 1. The van der Waals surface area contributed by atoms with Gasteiger partial charge in [0.15, 0.2) is 0 Å². The van der Waals surface area contributed by atoms with Crippen molar-refractivity contribution in [3.05, 3.63) is 39.4 Å². The second-order valence-electron chi connectivity index (χ2n) is 2.50. The molecule has 1 aromatic rings. The highest BCUT2D eigenvalue weighted by Gasteiger charge is 2.14. The monoisotopic (exact) mass is 183 g/mol. The van der Waals surface area contributed by atoms with Gasteiger partial charge in [-0.1, -0.05) is 18.2 Å². The van der Waals surface area contributed by atoms with E-state index in [-0.39, 0.29) is 10.6 Å². The number of nitro groups is 1. The SMILES string of the molecule is Cc1cccc(CS)c1[N+](=O)[O-]. The lowest BCUT2D eigenvalue weighted by Crippen LogP contribution is -1.95. The number of thiol groups is 1. The Morgan fingerprint density at radius 3 is 2.67 bits per heavy atom. The molecule has 0 N–H and O–H groups in total. The van der Waals surface area contributed by atoms with Crippen LogP contribution in [0.2, 0.25) is 0 Å². The molecule has 0 aliphatic carbocycles. The summed E-state index contributed by atoms with van der Waals surface area (Å²) in [6, 6.07) is 5.25. The average molecular weight is 183 g/mol. The van der Waals surface area contributed by atoms with E-state index in [1.165, 1.54) is 0 Å². The third-order valence-electron chi connectivity index (χ3n) is 1.67. The Bertz CT molecular complexity index is 312. The Morgan fingerprint density at radius 2 is 2.25 bits per heavy atom. The molecule has 64 valence electrons. The van der Waals surface area contributed by atoms with E-state index in [1.807, 2.05) is 0 Å². The molecule has 0 bridgehead atoms. The fourth-order valence-electron chi connectivity index (χ4n) is 1.11. The standard InChI is InChI=1S/C8H9NO2S/c1-6-3-2-4-7(5-12)8(6)9(10)11/h2-4,12H,5H2,1H3. The number of hydrogen-bond acceptors (Lipinski definition) is 3. The lowest BCUT2D eigenvalue weighted by atomic mass is 10.1. The topological polar surface area (TPSA) is 43.1 Å². The summed E-state index contributed by atoms with van der Waals surface area (Å²) in [5.41, 5.74) is 1.54. The summed E-state index contributed by atoms with van der Waals surface area (Å²) in [6.45, 7) is 1.73. The first-order chi connectivity index (χ1) is 5.66. The number of rotatable bonds is 2. The summed E-state index contributed by atoms with van der Waals surface area (Å²) < 4.78 is 0. The predicted octanol–water partition coefficient (Wildman–Crippen LogP) is 2.33. The molecule has 3 nitrogen and oxygen atoms in total. The number of aryl methyl sites for hydroxylation is 1. The van der Waals surface area contributed by atoms with Gasteiger partial charge in [-0.2, -0.15) is 12.6 Å². The van der Waals surface area contributed by atoms with Gasteiger partial charge < -0.3 is 0 Å². The smallest absolute Gasteiger partial charge is 0.258 e. The highest BCUT2D eigenvalue weighted by atomic mass is 32.1. The third kappa shape index (κ3) is 1.58. The maximum Gasteiger partial charge on any atom is 0.276 e. The van der Waals surface area contributed by atoms with Crippen molar-refractivity contribution in [2.75, 3.05) is 0 Å². The molecule has 0 spiro atoms. The zero-order valence-electron chi connectivity index (χ0n) is 6.65. The van der Waals surface area contributed by atoms with Crippen LogP contribution in [0.1, 0.15) is 11.1 Å². The van der Waals surface area contributed by atoms with Crippen LogP contribution in [-0.4, -0.2) is 4.92 Å². The van der Waals surface area contributed by atoms with Gasteiger partial charge in [0.1, 0.15) is 0 Å². The molecule has 0 amide bonds. The largest absolute Gasteiger partial charge is 0.276 e. The van der Waals surface area contributed by atoms with Gasteiger partial charge in [0.25, 0.3) is 5.69 Å². The van der Waals surface area contributed by atoms with E-state index < -0.39 is 0 Å². The van der Waals surface area contributed by atoms with Crippen molar-refractivity contribution >= 4 is 18.3 Å². The van der Waals surface area contributed by atoms with Crippen LogP contribution in [0.15, 0.2) is 18.2 Å². The maximum absolute atomic E-state index is 10.6. The Balaban J connectivity index is 3.29. The summed E-state index contributed by atoms with van der Waals surface area (Å²) in [5, 5.41) is 10.6. The molecular formula is C8H9NO2S. The summed E-state index contributed by atoms with van der Waals surface area (Å²) in [7, 11) is 0. The molecule has 1 aromatic carbocycles. The number of nitrogens with zero attached hydrogens (tertiary/aromatic N) is 1. The van der Waals surface area contributed by atoms with E-state index in [0.29, 0.717) is 16.9 Å². The van der Waals surface area contributed by atoms with E-state index in [1.54, 1.807) is 25.1 Å². The highest BCUT2D eigenvalue weighted by molar-refractivity contribution is 7.79. The predicted molar refractivity (Wildman–Crippen MR) is 50.5 cm³/mol. The summed E-state index contributed by atoms with van der Waals surface area (Å²) >= 11 is 4.02. The second-order valence-corrected chi connectivity index (χ2v) is 2.81. The second kappa shape index (κ2) is 3.58. The zero-order chi connectivity index (χ0) is 9.14. The van der Waals surface area contributed by atoms with Crippen LogP contribution in [-0.2, 0) is 5.75 Å². The van der Waals surface area contributed by atoms with E-state index in [4.69, 9.17) is 0 Å². The quantitative estimate of drug-likeness (QED) is 0.434. The fourth-order valence-corrected chi connectivity index (χ4v) is 1.36. The molecule has 0 saturated heterocycles. The van der Waals surface area contributed by atoms with Crippen molar-refractivity contribution in [3.8, 4) is 0 Å². The molecule has 0 atom stereocenters. The third-order valence-corrected chi connectivity index (χ3v) is 2.01. The van der Waals surface area contributed by atoms with E-state index in [9.17, 15) is 10.1 Å². The minimum Gasteiger partial charge on any atom is -0.258 e. The number of benzene rings is 1. The molecule has 0 aliphatic rings. The number of para-hydroxylation sites is 1. The van der Waals surface area contributed by atoms with E-state index in [2.05, 4.69) is 12.6 Å². The van der Waals surface area contributed by atoms with Gasteiger partial charge >= 0.3 is 0 Å². The normalized spacial score (nSPS) is 9.83. The summed E-state index contributed by atoms with van der Waals surface area (Å²) in [5.74, 6) is 0.401. The van der Waals surface area contributed by atoms with Crippen LogP contribution in [0.3, 0.4) is 0 Å². The Hall–Kier alpha value is -1.03. The van der Waals surface area contributed by atoms with Crippen LogP contribution in [0.25, 0.3) is 0 Å². The number of hydrogen-bond donors (Lipinski definition) is 1. The fraction of sp³-hybridized carbons (Fsp3) is 0.250. The van der Waals surface area contributed by atoms with E-state index >= 15 is 0 Å². The first-order valence-corrected chi connectivity index (χ1v) is 4.14. The van der Waals surface area contributed by atoms with Crippen LogP contribution in [0.4, 0.5) is 5.69 Å². The van der Waals surface area contributed by atoms with E-state index in [0.717, 1.165) is 0 Å². The van der Waals surface area contributed by atoms with Gasteiger partial charge in [0.2, 0.25) is 0 Å². The van der Waals surface area contributed by atoms with Crippen LogP contribution in [0.5, 0.6) is 0 Å². The molecule has 0 heterocycles. The lowest BCUT2D eigenvalue weighted by molar-refractivity contribution is -0.386. The molecule has 0 fully saturated rings.